The molecule has 32 heavy (non-hydrogen) atoms. The Kier molecular flexibility index (Phi) is 5.19. The maximum Gasteiger partial charge on any atom is 0.465 e. The molecule has 176 valence electrons. The van der Waals surface area contributed by atoms with Crippen molar-refractivity contribution in [1.82, 2.24) is 4.90 Å². The molecule has 0 radical (unpaired) electrons. The first-order valence-electron chi connectivity index (χ1n) is 10.1. The van der Waals surface area contributed by atoms with Gasteiger partial charge in [0, 0.05) is 23.3 Å². The van der Waals surface area contributed by atoms with Gasteiger partial charge in [0.15, 0.2) is 17.6 Å². The van der Waals surface area contributed by atoms with Gasteiger partial charge in [-0.15, -0.1) is 0 Å². The van der Waals surface area contributed by atoms with E-state index in [2.05, 4.69) is 24.1 Å². The third kappa shape index (κ3) is 3.00. The number of likely N-dealkylation sites (tertiary alicyclic amines) is 1. The number of alkyl halides is 5. The predicted octanol–water partition coefficient (Wildman–Crippen LogP) is 3.16. The number of hydrogen-bond donors (Lipinski definition) is 1. The molecule has 2 saturated heterocycles. The number of methoxy groups -OCH3 is 1. The average molecular weight is 463 g/mol. The van der Waals surface area contributed by atoms with Crippen molar-refractivity contribution in [2.75, 3.05) is 20.7 Å². The van der Waals surface area contributed by atoms with Crippen LogP contribution in [0.25, 0.3) is 0 Å². The molecule has 1 N–H and O–H groups in total. The SMILES string of the molecule is COC1=C2O[C@H]3C(=O)C=C[C@H]4[C@H]5CC(C=C1)C2[C@@]34CCN5C.O=C(O)C(F)(F)C(F)(F)F. The number of allylic oxidation sites excluding steroid dienone is 3. The summed E-state index contributed by atoms with van der Waals surface area (Å²) in [5.74, 6) is -5.77. The zero-order valence-electron chi connectivity index (χ0n) is 17.2. The van der Waals surface area contributed by atoms with Crippen LogP contribution >= 0.6 is 0 Å². The average Bonchev–Trinajstić information content (AvgIpc) is 3.07. The molecule has 1 saturated carbocycles. The Morgan fingerprint density at radius 3 is 2.50 bits per heavy atom. The number of ether oxygens (including phenoxy) is 2. The number of rotatable bonds is 2. The Morgan fingerprint density at radius 1 is 1.25 bits per heavy atom. The van der Waals surface area contributed by atoms with E-state index in [0.717, 1.165) is 30.9 Å². The summed E-state index contributed by atoms with van der Waals surface area (Å²) in [6.45, 7) is 1.05. The Bertz CT molecular complexity index is 926. The first-order chi connectivity index (χ1) is 14.9. The number of carboxylic acids is 1. The lowest BCUT2D eigenvalue weighted by molar-refractivity contribution is -0.277. The van der Waals surface area contributed by atoms with Crippen LogP contribution in [0, 0.1) is 23.2 Å². The lowest BCUT2D eigenvalue weighted by Crippen LogP contribution is -2.64. The molecule has 2 heterocycles. The number of carbonyl (C=O) groups is 2. The number of aliphatic carboxylic acids is 1. The molecule has 1 spiro atoms. The largest absolute Gasteiger partial charge is 0.493 e. The molecule has 5 aliphatic rings. The number of ketones is 1. The normalized spacial score (nSPS) is 37.3. The zero-order chi connectivity index (χ0) is 23.6. The second-order valence-corrected chi connectivity index (χ2v) is 8.74. The number of carbonyl (C=O) groups excluding carboxylic acids is 1. The fourth-order valence-electron chi connectivity index (χ4n) is 5.96. The molecule has 5 rings (SSSR count). The summed E-state index contributed by atoms with van der Waals surface area (Å²) < 4.78 is 67.3. The summed E-state index contributed by atoms with van der Waals surface area (Å²) in [6.07, 6.45) is 4.10. The Labute approximate surface area is 180 Å². The van der Waals surface area contributed by atoms with Crippen LogP contribution in [0.3, 0.4) is 0 Å². The topological polar surface area (TPSA) is 76.1 Å². The Hall–Kier alpha value is -2.43. The molecule has 0 aromatic heterocycles. The summed E-state index contributed by atoms with van der Waals surface area (Å²) in [4.78, 5) is 24.2. The van der Waals surface area contributed by atoms with Crippen molar-refractivity contribution in [1.29, 1.82) is 0 Å². The number of nitrogens with zero attached hydrogens (tertiary/aromatic N) is 1. The molecule has 0 aromatic carbocycles. The monoisotopic (exact) mass is 463 g/mol. The fraction of sp³-hybridized carbons (Fsp3) is 0.619. The van der Waals surface area contributed by atoms with Crippen molar-refractivity contribution in [3.63, 3.8) is 0 Å². The summed E-state index contributed by atoms with van der Waals surface area (Å²) in [5.41, 5.74) is -0.0597. The molecular formula is C21H22F5NO5. The Balaban J connectivity index is 0.000000211. The quantitative estimate of drug-likeness (QED) is 0.635. The highest BCUT2D eigenvalue weighted by Crippen LogP contribution is 2.66. The van der Waals surface area contributed by atoms with Crippen LogP contribution in [0.2, 0.25) is 0 Å². The molecule has 0 amide bonds. The molecule has 11 heteroatoms. The maximum atomic E-state index is 12.6. The van der Waals surface area contributed by atoms with E-state index in [0.29, 0.717) is 23.8 Å². The maximum absolute atomic E-state index is 12.6. The molecule has 6 nitrogen and oxygen atoms in total. The van der Waals surface area contributed by atoms with Crippen LogP contribution < -0.4 is 0 Å². The molecule has 2 bridgehead atoms. The second-order valence-electron chi connectivity index (χ2n) is 8.74. The lowest BCUT2D eigenvalue weighted by atomic mass is 9.48. The number of piperidine rings is 1. The first kappa shape index (κ1) is 22.8. The lowest BCUT2D eigenvalue weighted by Gasteiger charge is -2.59. The third-order valence-electron chi connectivity index (χ3n) is 7.34. The van der Waals surface area contributed by atoms with Crippen molar-refractivity contribution in [3.05, 3.63) is 35.8 Å². The smallest absolute Gasteiger partial charge is 0.465 e. The zero-order valence-corrected chi connectivity index (χ0v) is 17.2. The van der Waals surface area contributed by atoms with Crippen LogP contribution in [0.5, 0.6) is 0 Å². The van der Waals surface area contributed by atoms with Gasteiger partial charge in [0.1, 0.15) is 5.76 Å². The fourth-order valence-corrected chi connectivity index (χ4v) is 5.96. The van der Waals surface area contributed by atoms with Crippen LogP contribution in [0.15, 0.2) is 35.8 Å². The Morgan fingerprint density at radius 2 is 1.94 bits per heavy atom. The van der Waals surface area contributed by atoms with E-state index in [-0.39, 0.29) is 17.3 Å². The highest BCUT2D eigenvalue weighted by atomic mass is 19.4. The van der Waals surface area contributed by atoms with Crippen LogP contribution in [-0.2, 0) is 19.1 Å². The second kappa shape index (κ2) is 7.29. The molecule has 0 aromatic rings. The summed E-state index contributed by atoms with van der Waals surface area (Å²) in [5, 5.41) is 7.31. The molecule has 3 fully saturated rings. The number of hydrogen-bond acceptors (Lipinski definition) is 5. The van der Waals surface area contributed by atoms with Gasteiger partial charge >= 0.3 is 18.1 Å². The van der Waals surface area contributed by atoms with Crippen molar-refractivity contribution in [2.24, 2.45) is 23.2 Å². The first-order valence-corrected chi connectivity index (χ1v) is 10.1. The highest BCUT2D eigenvalue weighted by Gasteiger charge is 2.69. The van der Waals surface area contributed by atoms with Crippen LogP contribution in [0.1, 0.15) is 12.8 Å². The van der Waals surface area contributed by atoms with Gasteiger partial charge < -0.3 is 19.5 Å². The molecule has 3 aliphatic carbocycles. The number of carboxylic acid groups (broad SMARTS) is 1. The summed E-state index contributed by atoms with van der Waals surface area (Å²) in [6, 6.07) is 0.513. The van der Waals surface area contributed by atoms with E-state index < -0.39 is 18.1 Å². The van der Waals surface area contributed by atoms with Crippen LogP contribution in [-0.4, -0.2) is 66.7 Å². The minimum atomic E-state index is -6.02. The van der Waals surface area contributed by atoms with Crippen molar-refractivity contribution < 1.29 is 46.1 Å². The van der Waals surface area contributed by atoms with Gasteiger partial charge in [-0.25, -0.2) is 4.79 Å². The van der Waals surface area contributed by atoms with E-state index >= 15 is 0 Å². The standard InChI is InChI=1S/C18H21NO3.C3HF5O2/c1-19-8-7-18-11-4-5-13(20)17(18)22-16-14(21-2)6-3-10(15(16)18)9-12(11)19;4-2(5,1(9)10)3(6,7)8/h3-6,10-12,15,17H,7-9H2,1-2H3;(H,9,10)/t10?,11-,12+,15?,17-,18-;/m0./s1. The highest BCUT2D eigenvalue weighted by molar-refractivity contribution is 5.96. The van der Waals surface area contributed by atoms with Gasteiger partial charge in [0.2, 0.25) is 0 Å². The molecule has 6 atom stereocenters. The van der Waals surface area contributed by atoms with Gasteiger partial charge in [-0.3, -0.25) is 4.79 Å². The minimum Gasteiger partial charge on any atom is -0.493 e. The van der Waals surface area contributed by atoms with E-state index in [9.17, 15) is 31.5 Å². The predicted molar refractivity (Wildman–Crippen MR) is 99.4 cm³/mol. The van der Waals surface area contributed by atoms with E-state index in [1.54, 1.807) is 13.2 Å². The van der Waals surface area contributed by atoms with E-state index in [4.69, 9.17) is 14.6 Å². The van der Waals surface area contributed by atoms with Gasteiger partial charge in [0.05, 0.1) is 7.11 Å². The van der Waals surface area contributed by atoms with Gasteiger partial charge in [0.25, 0.3) is 0 Å². The van der Waals surface area contributed by atoms with E-state index in [1.807, 2.05) is 6.08 Å². The summed E-state index contributed by atoms with van der Waals surface area (Å²) >= 11 is 0. The van der Waals surface area contributed by atoms with Gasteiger partial charge in [-0.1, -0.05) is 12.2 Å². The molecular weight excluding hydrogens is 441 g/mol. The van der Waals surface area contributed by atoms with Gasteiger partial charge in [-0.2, -0.15) is 22.0 Å². The third-order valence-corrected chi connectivity index (χ3v) is 7.34. The molecule has 2 unspecified atom stereocenters. The number of halogens is 5. The summed E-state index contributed by atoms with van der Waals surface area (Å²) in [7, 11) is 3.91. The van der Waals surface area contributed by atoms with Gasteiger partial charge in [-0.05, 0) is 44.5 Å². The van der Waals surface area contributed by atoms with Crippen molar-refractivity contribution in [2.45, 2.75) is 37.1 Å². The molecule has 2 aliphatic heterocycles. The van der Waals surface area contributed by atoms with Crippen LogP contribution in [0.4, 0.5) is 22.0 Å². The van der Waals surface area contributed by atoms with Crippen molar-refractivity contribution in [3.8, 4) is 0 Å². The van der Waals surface area contributed by atoms with E-state index in [1.165, 1.54) is 0 Å². The minimum absolute atomic E-state index is 0.0597. The van der Waals surface area contributed by atoms with Crippen molar-refractivity contribution >= 4 is 11.8 Å².